The number of amides is 2. The largest absolute Gasteiger partial charge is 0.480 e. The fraction of sp³-hybridized carbons (Fsp3) is 0.455. The topological polar surface area (TPSA) is 170 Å². The molecular formula is C11H17N5O5. The summed E-state index contributed by atoms with van der Waals surface area (Å²) in [5.41, 5.74) is 5.79. The van der Waals surface area contributed by atoms with E-state index in [9.17, 15) is 14.4 Å². The summed E-state index contributed by atoms with van der Waals surface area (Å²) in [7, 11) is 0. The number of nitrogens with two attached hydrogens (primary N) is 1. The Morgan fingerprint density at radius 2 is 2.14 bits per heavy atom. The zero-order valence-electron chi connectivity index (χ0n) is 11.1. The highest BCUT2D eigenvalue weighted by atomic mass is 16.4. The van der Waals surface area contributed by atoms with Crippen LogP contribution in [0.15, 0.2) is 12.5 Å². The molecule has 0 unspecified atom stereocenters. The smallest absolute Gasteiger partial charge is 0.326 e. The molecule has 7 N–H and O–H groups in total. The van der Waals surface area contributed by atoms with Gasteiger partial charge in [-0.2, -0.15) is 0 Å². The maximum Gasteiger partial charge on any atom is 0.326 e. The number of nitrogens with one attached hydrogen (secondary N) is 3. The number of aromatic nitrogens is 2. The van der Waals surface area contributed by atoms with Gasteiger partial charge in [-0.05, 0) is 0 Å². The van der Waals surface area contributed by atoms with E-state index in [1.54, 1.807) is 0 Å². The molecule has 0 saturated carbocycles. The lowest BCUT2D eigenvalue weighted by Gasteiger charge is -2.14. The molecule has 0 aliphatic carbocycles. The first-order chi connectivity index (χ1) is 9.93. The second kappa shape index (κ2) is 7.97. The van der Waals surface area contributed by atoms with Crippen LogP contribution in [0.2, 0.25) is 0 Å². The zero-order chi connectivity index (χ0) is 15.8. The number of aliphatic carboxylic acids is 1. The molecule has 0 saturated heterocycles. The van der Waals surface area contributed by atoms with Gasteiger partial charge in [0, 0.05) is 18.3 Å². The van der Waals surface area contributed by atoms with E-state index in [4.69, 9.17) is 15.9 Å². The number of carbonyl (C=O) groups is 3. The molecule has 1 aromatic rings. The van der Waals surface area contributed by atoms with Gasteiger partial charge in [-0.1, -0.05) is 0 Å². The average molecular weight is 299 g/mol. The number of nitrogens with zero attached hydrogens (tertiary/aromatic N) is 1. The van der Waals surface area contributed by atoms with E-state index in [-0.39, 0.29) is 6.42 Å². The summed E-state index contributed by atoms with van der Waals surface area (Å²) < 4.78 is 0. The maximum absolute atomic E-state index is 11.6. The molecule has 0 aromatic carbocycles. The van der Waals surface area contributed by atoms with E-state index in [0.29, 0.717) is 5.69 Å². The Hall–Kier alpha value is -2.46. The number of rotatable bonds is 8. The van der Waals surface area contributed by atoms with Crippen LogP contribution in [0.3, 0.4) is 0 Å². The van der Waals surface area contributed by atoms with Crippen LogP contribution in [0, 0.1) is 0 Å². The summed E-state index contributed by atoms with van der Waals surface area (Å²) >= 11 is 0. The van der Waals surface area contributed by atoms with E-state index in [0.717, 1.165) is 0 Å². The maximum atomic E-state index is 11.6. The number of imidazole rings is 1. The lowest BCUT2D eigenvalue weighted by atomic mass is 10.1. The monoisotopic (exact) mass is 299 g/mol. The van der Waals surface area contributed by atoms with E-state index in [1.807, 2.05) is 0 Å². The molecule has 0 radical (unpaired) electrons. The van der Waals surface area contributed by atoms with Gasteiger partial charge in [0.05, 0.1) is 19.5 Å². The number of hydrogen-bond donors (Lipinski definition) is 6. The quantitative estimate of drug-likeness (QED) is 0.296. The van der Waals surface area contributed by atoms with Crippen molar-refractivity contribution in [1.82, 2.24) is 20.6 Å². The van der Waals surface area contributed by atoms with Crippen molar-refractivity contribution in [2.45, 2.75) is 18.5 Å². The predicted octanol–water partition coefficient (Wildman–Crippen LogP) is -3.04. The van der Waals surface area contributed by atoms with Gasteiger partial charge in [-0.15, -0.1) is 0 Å². The third-order valence-electron chi connectivity index (χ3n) is 2.57. The molecule has 1 aromatic heterocycles. The first-order valence-corrected chi connectivity index (χ1v) is 6.07. The molecule has 10 heteroatoms. The second-order valence-electron chi connectivity index (χ2n) is 4.25. The number of carbonyl (C=O) groups excluding carboxylic acids is 2. The Labute approximate surface area is 119 Å². The first kappa shape index (κ1) is 16.6. The minimum absolute atomic E-state index is 0.0329. The zero-order valence-corrected chi connectivity index (χ0v) is 11.1. The summed E-state index contributed by atoms with van der Waals surface area (Å²) in [4.78, 5) is 40.4. The number of aliphatic hydroxyl groups is 1. The van der Waals surface area contributed by atoms with Crippen molar-refractivity contribution in [1.29, 1.82) is 0 Å². The van der Waals surface area contributed by atoms with Gasteiger partial charge in [-0.3, -0.25) is 9.59 Å². The van der Waals surface area contributed by atoms with Crippen LogP contribution in [0.4, 0.5) is 0 Å². The highest BCUT2D eigenvalue weighted by Gasteiger charge is 2.21. The van der Waals surface area contributed by atoms with Gasteiger partial charge in [0.2, 0.25) is 11.8 Å². The summed E-state index contributed by atoms with van der Waals surface area (Å²) in [6, 6.07) is -2.28. The molecule has 0 spiro atoms. The second-order valence-corrected chi connectivity index (χ2v) is 4.25. The van der Waals surface area contributed by atoms with Crippen molar-refractivity contribution in [2.24, 2.45) is 5.73 Å². The van der Waals surface area contributed by atoms with Gasteiger partial charge >= 0.3 is 5.97 Å². The van der Waals surface area contributed by atoms with Crippen LogP contribution in [0.5, 0.6) is 0 Å². The highest BCUT2D eigenvalue weighted by Crippen LogP contribution is 1.98. The van der Waals surface area contributed by atoms with Crippen molar-refractivity contribution < 1.29 is 24.6 Å². The Morgan fingerprint density at radius 1 is 1.43 bits per heavy atom. The molecule has 21 heavy (non-hydrogen) atoms. The lowest BCUT2D eigenvalue weighted by molar-refractivity contribution is -0.141. The van der Waals surface area contributed by atoms with Crippen LogP contribution in [0.25, 0.3) is 0 Å². The van der Waals surface area contributed by atoms with Crippen molar-refractivity contribution in [3.8, 4) is 0 Å². The molecule has 1 heterocycles. The van der Waals surface area contributed by atoms with Crippen molar-refractivity contribution in [2.75, 3.05) is 13.2 Å². The number of hydrogen-bond acceptors (Lipinski definition) is 6. The standard InChI is InChI=1S/C11H17N5O5/c12-7(4-17)10(19)14-3-9(18)16-8(11(20)21)1-6-2-13-5-15-6/h2,5,7-8,17H,1,3-4,12H2,(H,13,15)(H,14,19)(H,16,18)(H,20,21)/t7-,8-/m0/s1. The van der Waals surface area contributed by atoms with Crippen LogP contribution in [-0.4, -0.2) is 63.2 Å². The number of H-pyrrole nitrogens is 1. The average Bonchev–Trinajstić information content (AvgIpc) is 2.95. The van der Waals surface area contributed by atoms with E-state index in [1.165, 1.54) is 12.5 Å². The van der Waals surface area contributed by atoms with Crippen molar-refractivity contribution >= 4 is 17.8 Å². The molecular weight excluding hydrogens is 282 g/mol. The van der Waals surface area contributed by atoms with Crippen LogP contribution in [0.1, 0.15) is 5.69 Å². The highest BCUT2D eigenvalue weighted by molar-refractivity contribution is 5.89. The van der Waals surface area contributed by atoms with Crippen LogP contribution < -0.4 is 16.4 Å². The van der Waals surface area contributed by atoms with Gasteiger partial charge in [0.25, 0.3) is 0 Å². The molecule has 1 rings (SSSR count). The SMILES string of the molecule is N[C@@H](CO)C(=O)NCC(=O)N[C@@H](Cc1cnc[nH]1)C(=O)O. The van der Waals surface area contributed by atoms with Crippen LogP contribution >= 0.6 is 0 Å². The first-order valence-electron chi connectivity index (χ1n) is 6.07. The summed E-state index contributed by atoms with van der Waals surface area (Å²) in [6.07, 6.45) is 2.88. The normalized spacial score (nSPS) is 13.2. The van der Waals surface area contributed by atoms with Gasteiger partial charge in [-0.25, -0.2) is 9.78 Å². The molecule has 0 aliphatic rings. The Bertz CT molecular complexity index is 489. The fourth-order valence-corrected chi connectivity index (χ4v) is 1.44. The number of carboxylic acids is 1. The van der Waals surface area contributed by atoms with Gasteiger partial charge in [0.1, 0.15) is 12.1 Å². The van der Waals surface area contributed by atoms with Crippen molar-refractivity contribution in [3.63, 3.8) is 0 Å². The summed E-state index contributed by atoms with van der Waals surface area (Å²) in [5.74, 6) is -2.59. The molecule has 0 bridgehead atoms. The third-order valence-corrected chi connectivity index (χ3v) is 2.57. The lowest BCUT2D eigenvalue weighted by Crippen LogP contribution is -2.49. The Morgan fingerprint density at radius 3 is 2.67 bits per heavy atom. The van der Waals surface area contributed by atoms with Gasteiger partial charge in [0.15, 0.2) is 0 Å². The molecule has 0 aliphatic heterocycles. The molecule has 116 valence electrons. The van der Waals surface area contributed by atoms with E-state index >= 15 is 0 Å². The minimum Gasteiger partial charge on any atom is -0.480 e. The van der Waals surface area contributed by atoms with E-state index in [2.05, 4.69) is 20.6 Å². The molecule has 2 atom stereocenters. The number of aromatic amines is 1. The number of aliphatic hydroxyl groups excluding tert-OH is 1. The van der Waals surface area contributed by atoms with Crippen LogP contribution in [-0.2, 0) is 20.8 Å². The molecule has 0 fully saturated rings. The molecule has 10 nitrogen and oxygen atoms in total. The minimum atomic E-state index is -1.21. The Kier molecular flexibility index (Phi) is 6.30. The predicted molar refractivity (Wildman–Crippen MR) is 69.9 cm³/mol. The van der Waals surface area contributed by atoms with Gasteiger partial charge < -0.3 is 31.6 Å². The fourth-order valence-electron chi connectivity index (χ4n) is 1.44. The summed E-state index contributed by atoms with van der Waals surface area (Å²) in [5, 5.41) is 22.1. The number of carboxylic acid groups (broad SMARTS) is 1. The molecule has 2 amide bonds. The van der Waals surface area contributed by atoms with Crippen molar-refractivity contribution in [3.05, 3.63) is 18.2 Å². The van der Waals surface area contributed by atoms with E-state index < -0.39 is 43.0 Å². The Balaban J connectivity index is 2.46. The third kappa shape index (κ3) is 5.58. The summed E-state index contributed by atoms with van der Waals surface area (Å²) in [6.45, 7) is -0.982.